The van der Waals surface area contributed by atoms with Crippen LogP contribution in [0.4, 0.5) is 18.9 Å². The molecular formula is C20H18F3N3O3. The van der Waals surface area contributed by atoms with E-state index in [9.17, 15) is 22.8 Å². The molecule has 29 heavy (non-hydrogen) atoms. The van der Waals surface area contributed by atoms with Gasteiger partial charge in [-0.1, -0.05) is 12.2 Å². The van der Waals surface area contributed by atoms with Crippen molar-refractivity contribution in [3.8, 4) is 6.07 Å². The van der Waals surface area contributed by atoms with Gasteiger partial charge in [0.1, 0.15) is 5.60 Å². The molecule has 6 nitrogen and oxygen atoms in total. The summed E-state index contributed by atoms with van der Waals surface area (Å²) >= 11 is 0. The number of likely N-dealkylation sites (N-methyl/N-ethyl adjacent to an activating group) is 1. The summed E-state index contributed by atoms with van der Waals surface area (Å²) in [7, 11) is 3.62. The standard InChI is InChI=1S/C20H18F3N3O3/c1-18-6-7-19(29-18,10-25(2)3)15-14(18)16(27)26(17(15)28)12-5-4-11(9-24)13(8-12)20(21,22)23/h4-8,14-15H,10H2,1-3H3/t14-,15+,18?,19?/m1/s1. The first kappa shape index (κ1) is 19.6. The number of fused-ring (bicyclic) bond motifs is 5. The van der Waals surface area contributed by atoms with Crippen LogP contribution >= 0.6 is 0 Å². The highest BCUT2D eigenvalue weighted by Gasteiger charge is 2.72. The maximum absolute atomic E-state index is 13.4. The number of amides is 2. The Hall–Kier alpha value is -2.70. The largest absolute Gasteiger partial charge is 0.417 e. The van der Waals surface area contributed by atoms with E-state index in [1.165, 1.54) is 12.1 Å². The second kappa shape index (κ2) is 5.90. The predicted molar refractivity (Wildman–Crippen MR) is 95.5 cm³/mol. The van der Waals surface area contributed by atoms with Gasteiger partial charge in [-0.15, -0.1) is 0 Å². The predicted octanol–water partition coefficient (Wildman–Crippen LogP) is 2.34. The second-order valence-electron chi connectivity index (χ2n) is 8.12. The Morgan fingerprint density at radius 2 is 1.86 bits per heavy atom. The third kappa shape index (κ3) is 2.63. The van der Waals surface area contributed by atoms with Crippen LogP contribution < -0.4 is 4.90 Å². The number of carbonyl (C=O) groups is 2. The molecule has 1 aromatic carbocycles. The maximum Gasteiger partial charge on any atom is 0.417 e. The smallest absolute Gasteiger partial charge is 0.358 e. The summed E-state index contributed by atoms with van der Waals surface area (Å²) in [6.45, 7) is 2.06. The van der Waals surface area contributed by atoms with E-state index >= 15 is 0 Å². The molecule has 0 N–H and O–H groups in total. The molecule has 1 aromatic rings. The highest BCUT2D eigenvalue weighted by atomic mass is 19.4. The first-order valence-electron chi connectivity index (χ1n) is 8.98. The quantitative estimate of drug-likeness (QED) is 0.570. The lowest BCUT2D eigenvalue weighted by atomic mass is 9.72. The van der Waals surface area contributed by atoms with Crippen LogP contribution in [0.25, 0.3) is 0 Å². The zero-order chi connectivity index (χ0) is 21.4. The van der Waals surface area contributed by atoms with Crippen molar-refractivity contribution < 1.29 is 27.5 Å². The number of anilines is 1. The Bertz CT molecular complexity index is 997. The number of rotatable bonds is 3. The average molecular weight is 405 g/mol. The number of imide groups is 1. The summed E-state index contributed by atoms with van der Waals surface area (Å²) in [5.74, 6) is -2.82. The SMILES string of the molecule is CN(C)CC12C=CC(C)(O1)[C@H]1C(=O)N(c3ccc(C#N)c(C(F)(F)F)c3)C(=O)[C@H]12. The molecule has 4 atom stereocenters. The summed E-state index contributed by atoms with van der Waals surface area (Å²) < 4.78 is 46.2. The van der Waals surface area contributed by atoms with Crippen molar-refractivity contribution in [3.05, 3.63) is 41.5 Å². The first-order valence-corrected chi connectivity index (χ1v) is 8.98. The first-order chi connectivity index (χ1) is 13.4. The van der Waals surface area contributed by atoms with Crippen LogP contribution in [0.15, 0.2) is 30.4 Å². The molecule has 2 amide bonds. The van der Waals surface area contributed by atoms with Gasteiger partial charge in [-0.25, -0.2) is 4.90 Å². The Morgan fingerprint density at radius 3 is 2.45 bits per heavy atom. The fourth-order valence-corrected chi connectivity index (χ4v) is 4.79. The molecule has 4 rings (SSSR count). The number of ether oxygens (including phenoxy) is 1. The summed E-state index contributed by atoms with van der Waals surface area (Å²) in [4.78, 5) is 29.1. The zero-order valence-electron chi connectivity index (χ0n) is 15.9. The van der Waals surface area contributed by atoms with Crippen molar-refractivity contribution in [1.29, 1.82) is 5.26 Å². The number of nitriles is 1. The van der Waals surface area contributed by atoms with E-state index in [-0.39, 0.29) is 5.69 Å². The zero-order valence-corrected chi connectivity index (χ0v) is 15.9. The lowest BCUT2D eigenvalue weighted by Gasteiger charge is -2.31. The van der Waals surface area contributed by atoms with E-state index in [0.717, 1.165) is 11.0 Å². The fourth-order valence-electron chi connectivity index (χ4n) is 4.79. The summed E-state index contributed by atoms with van der Waals surface area (Å²) in [5.41, 5.74) is -3.95. The summed E-state index contributed by atoms with van der Waals surface area (Å²) in [6.07, 6.45) is -1.25. The van der Waals surface area contributed by atoms with Crippen molar-refractivity contribution in [1.82, 2.24) is 4.90 Å². The van der Waals surface area contributed by atoms with Gasteiger partial charge < -0.3 is 9.64 Å². The Labute approximate surface area is 165 Å². The van der Waals surface area contributed by atoms with E-state index in [2.05, 4.69) is 0 Å². The molecule has 2 fully saturated rings. The van der Waals surface area contributed by atoms with Gasteiger partial charge in [-0.2, -0.15) is 18.4 Å². The van der Waals surface area contributed by atoms with Gasteiger partial charge in [0, 0.05) is 6.54 Å². The van der Waals surface area contributed by atoms with Gasteiger partial charge in [0.15, 0.2) is 0 Å². The van der Waals surface area contributed by atoms with Crippen LogP contribution in [0, 0.1) is 23.2 Å². The molecule has 3 aliphatic heterocycles. The fraction of sp³-hybridized carbons (Fsp3) is 0.450. The molecule has 0 aromatic heterocycles. The van der Waals surface area contributed by atoms with Crippen LogP contribution in [0.3, 0.4) is 0 Å². The molecule has 3 aliphatic rings. The van der Waals surface area contributed by atoms with Crippen LogP contribution in [0.2, 0.25) is 0 Å². The molecule has 2 unspecified atom stereocenters. The minimum absolute atomic E-state index is 0.191. The number of nitrogens with zero attached hydrogens (tertiary/aromatic N) is 3. The van der Waals surface area contributed by atoms with E-state index in [1.54, 1.807) is 19.1 Å². The van der Waals surface area contributed by atoms with Crippen molar-refractivity contribution in [2.75, 3.05) is 25.5 Å². The lowest BCUT2D eigenvalue weighted by molar-refractivity contribution is -0.138. The molecular weight excluding hydrogens is 387 g/mol. The monoisotopic (exact) mass is 405 g/mol. The van der Waals surface area contributed by atoms with Gasteiger partial charge in [0.25, 0.3) is 0 Å². The number of hydrogen-bond donors (Lipinski definition) is 0. The number of alkyl halides is 3. The molecule has 2 bridgehead atoms. The third-order valence-electron chi connectivity index (χ3n) is 5.81. The molecule has 9 heteroatoms. The molecule has 0 saturated carbocycles. The number of carbonyl (C=O) groups excluding carboxylic acids is 2. The summed E-state index contributed by atoms with van der Waals surface area (Å²) in [6, 6.07) is 4.36. The van der Waals surface area contributed by atoms with Crippen molar-refractivity contribution >= 4 is 17.5 Å². The van der Waals surface area contributed by atoms with Crippen LogP contribution in [0.5, 0.6) is 0 Å². The van der Waals surface area contributed by atoms with Crippen molar-refractivity contribution in [3.63, 3.8) is 0 Å². The van der Waals surface area contributed by atoms with E-state index < -0.39 is 52.2 Å². The molecule has 0 aliphatic carbocycles. The topological polar surface area (TPSA) is 73.6 Å². The molecule has 0 radical (unpaired) electrons. The number of benzene rings is 1. The van der Waals surface area contributed by atoms with Crippen LogP contribution in [0.1, 0.15) is 18.1 Å². The van der Waals surface area contributed by atoms with Crippen molar-refractivity contribution in [2.45, 2.75) is 24.3 Å². The highest BCUT2D eigenvalue weighted by Crippen LogP contribution is 2.58. The van der Waals surface area contributed by atoms with Gasteiger partial charge in [-0.3, -0.25) is 9.59 Å². The maximum atomic E-state index is 13.4. The molecule has 0 spiro atoms. The number of halogens is 3. The Morgan fingerprint density at radius 1 is 1.21 bits per heavy atom. The second-order valence-corrected chi connectivity index (χ2v) is 8.12. The van der Waals surface area contributed by atoms with Crippen LogP contribution in [-0.4, -0.2) is 48.6 Å². The van der Waals surface area contributed by atoms with Gasteiger partial charge in [0.05, 0.1) is 40.3 Å². The van der Waals surface area contributed by atoms with Gasteiger partial charge >= 0.3 is 6.18 Å². The van der Waals surface area contributed by atoms with E-state index in [4.69, 9.17) is 10.00 Å². The minimum atomic E-state index is -4.79. The Kier molecular flexibility index (Phi) is 3.99. The lowest BCUT2D eigenvalue weighted by Crippen LogP contribution is -2.47. The molecule has 3 heterocycles. The Balaban J connectivity index is 1.79. The van der Waals surface area contributed by atoms with Crippen molar-refractivity contribution in [2.24, 2.45) is 11.8 Å². The average Bonchev–Trinajstić information content (AvgIpc) is 3.18. The normalized spacial score (nSPS) is 33.0. The van der Waals surface area contributed by atoms with Gasteiger partial charge in [0.2, 0.25) is 11.8 Å². The minimum Gasteiger partial charge on any atom is -0.358 e. The summed E-state index contributed by atoms with van der Waals surface area (Å²) in [5, 5.41) is 8.98. The van der Waals surface area contributed by atoms with Gasteiger partial charge in [-0.05, 0) is 39.2 Å². The third-order valence-corrected chi connectivity index (χ3v) is 5.81. The van der Waals surface area contributed by atoms with Crippen LogP contribution in [-0.2, 0) is 20.5 Å². The van der Waals surface area contributed by atoms with E-state index in [1.807, 2.05) is 19.0 Å². The highest BCUT2D eigenvalue weighted by molar-refractivity contribution is 6.23. The molecule has 2 saturated heterocycles. The number of hydrogen-bond acceptors (Lipinski definition) is 5. The van der Waals surface area contributed by atoms with E-state index in [0.29, 0.717) is 12.6 Å². The molecule has 152 valence electrons.